The van der Waals surface area contributed by atoms with Gasteiger partial charge in [-0.1, -0.05) is 0 Å². The van der Waals surface area contributed by atoms with E-state index in [0.717, 1.165) is 6.07 Å². The molecule has 0 fully saturated rings. The maximum Gasteiger partial charge on any atom is 0.344 e. The third-order valence-electron chi connectivity index (χ3n) is 1.89. The van der Waals surface area contributed by atoms with E-state index in [4.69, 9.17) is 0 Å². The highest BCUT2D eigenvalue weighted by Gasteiger charge is 2.02. The van der Waals surface area contributed by atoms with Gasteiger partial charge >= 0.3 is 5.69 Å². The van der Waals surface area contributed by atoms with Crippen molar-refractivity contribution in [3.8, 4) is 16.9 Å². The Bertz CT molecular complexity index is 511. The summed E-state index contributed by atoms with van der Waals surface area (Å²) >= 11 is 0. The number of aromatic nitrogens is 2. The highest BCUT2D eigenvalue weighted by Crippen LogP contribution is 2.23. The zero-order chi connectivity index (χ0) is 10.8. The average molecular weight is 206 g/mol. The molecule has 1 aromatic carbocycles. The van der Waals surface area contributed by atoms with Gasteiger partial charge in [0.1, 0.15) is 11.6 Å². The van der Waals surface area contributed by atoms with Crippen LogP contribution in [0.1, 0.15) is 0 Å². The molecule has 0 spiro atoms. The second kappa shape index (κ2) is 3.53. The van der Waals surface area contributed by atoms with Gasteiger partial charge < -0.3 is 10.1 Å². The molecule has 0 aliphatic heterocycles. The van der Waals surface area contributed by atoms with Gasteiger partial charge in [0.05, 0.1) is 0 Å². The zero-order valence-electron chi connectivity index (χ0n) is 7.57. The van der Waals surface area contributed by atoms with E-state index in [0.29, 0.717) is 11.1 Å². The molecule has 76 valence electrons. The molecule has 15 heavy (non-hydrogen) atoms. The lowest BCUT2D eigenvalue weighted by molar-refractivity contribution is 0.469. The van der Waals surface area contributed by atoms with Crippen LogP contribution in [0.25, 0.3) is 11.1 Å². The number of phenols is 1. The second-order valence-electron chi connectivity index (χ2n) is 3.01. The Balaban J connectivity index is 2.53. The summed E-state index contributed by atoms with van der Waals surface area (Å²) in [6.45, 7) is 0. The first-order chi connectivity index (χ1) is 7.15. The van der Waals surface area contributed by atoms with E-state index in [1.165, 1.54) is 24.5 Å². The number of nitrogens with zero attached hydrogens (tertiary/aromatic N) is 1. The van der Waals surface area contributed by atoms with Crippen molar-refractivity contribution in [2.75, 3.05) is 0 Å². The van der Waals surface area contributed by atoms with Gasteiger partial charge in [-0.15, -0.1) is 0 Å². The Morgan fingerprint density at radius 3 is 2.67 bits per heavy atom. The van der Waals surface area contributed by atoms with Crippen LogP contribution in [-0.4, -0.2) is 15.1 Å². The van der Waals surface area contributed by atoms with Crippen LogP contribution in [0.3, 0.4) is 0 Å². The molecule has 0 saturated carbocycles. The minimum Gasteiger partial charge on any atom is -0.508 e. The van der Waals surface area contributed by atoms with Gasteiger partial charge in [-0.05, 0) is 17.7 Å². The summed E-state index contributed by atoms with van der Waals surface area (Å²) in [4.78, 5) is 16.6. The second-order valence-corrected chi connectivity index (χ2v) is 3.01. The topological polar surface area (TPSA) is 66.0 Å². The van der Waals surface area contributed by atoms with Crippen molar-refractivity contribution in [3.05, 3.63) is 46.9 Å². The van der Waals surface area contributed by atoms with Crippen LogP contribution in [0.4, 0.5) is 4.39 Å². The molecule has 0 radical (unpaired) electrons. The fraction of sp³-hybridized carbons (Fsp3) is 0. The lowest BCUT2D eigenvalue weighted by atomic mass is 10.1. The van der Waals surface area contributed by atoms with Crippen molar-refractivity contribution in [3.63, 3.8) is 0 Å². The summed E-state index contributed by atoms with van der Waals surface area (Å²) in [5, 5.41) is 9.18. The number of hydrogen-bond acceptors (Lipinski definition) is 3. The van der Waals surface area contributed by atoms with Gasteiger partial charge in [0.15, 0.2) is 0 Å². The van der Waals surface area contributed by atoms with Gasteiger partial charge in [-0.3, -0.25) is 0 Å². The molecular formula is C10H7FN2O2. The number of phenolic OH excluding ortho intramolecular Hbond substituents is 1. The average Bonchev–Trinajstić information content (AvgIpc) is 2.17. The number of benzene rings is 1. The first kappa shape index (κ1) is 9.39. The molecule has 0 atom stereocenters. The first-order valence-electron chi connectivity index (χ1n) is 4.20. The van der Waals surface area contributed by atoms with Crippen LogP contribution >= 0.6 is 0 Å². The largest absolute Gasteiger partial charge is 0.508 e. The molecule has 1 heterocycles. The number of aromatic amines is 1. The number of halogens is 1. The summed E-state index contributed by atoms with van der Waals surface area (Å²) < 4.78 is 12.9. The lowest BCUT2D eigenvalue weighted by Gasteiger charge is -2.01. The van der Waals surface area contributed by atoms with Crippen LogP contribution in [0, 0.1) is 5.82 Å². The number of H-pyrrole nitrogens is 1. The molecule has 1 aromatic heterocycles. The highest BCUT2D eigenvalue weighted by atomic mass is 19.1. The molecule has 0 aliphatic carbocycles. The molecule has 0 saturated heterocycles. The smallest absolute Gasteiger partial charge is 0.344 e. The van der Waals surface area contributed by atoms with Crippen LogP contribution in [0.15, 0.2) is 35.4 Å². The van der Waals surface area contributed by atoms with Gasteiger partial charge in [-0.2, -0.15) is 0 Å². The summed E-state index contributed by atoms with van der Waals surface area (Å²) in [5.74, 6) is -0.715. The number of hydrogen-bond donors (Lipinski definition) is 2. The standard InChI is InChI=1S/C10H7FN2O2/c11-8-1-6(2-9(14)3-8)7-4-12-10(15)13-5-7/h1-5,14H,(H,12,13,15). The molecule has 0 unspecified atom stereocenters. The SMILES string of the molecule is O=c1ncc(-c2cc(O)cc(F)c2)c[nH]1. The minimum atomic E-state index is -0.545. The fourth-order valence-corrected chi connectivity index (χ4v) is 1.24. The normalized spacial score (nSPS) is 10.2. The molecule has 0 bridgehead atoms. The molecule has 4 nitrogen and oxygen atoms in total. The van der Waals surface area contributed by atoms with E-state index >= 15 is 0 Å². The van der Waals surface area contributed by atoms with Crippen LogP contribution in [0.5, 0.6) is 5.75 Å². The highest BCUT2D eigenvalue weighted by molar-refractivity contribution is 5.63. The van der Waals surface area contributed by atoms with E-state index in [1.54, 1.807) is 0 Å². The van der Waals surface area contributed by atoms with E-state index in [-0.39, 0.29) is 5.75 Å². The predicted molar refractivity (Wildman–Crippen MR) is 51.9 cm³/mol. The Kier molecular flexibility index (Phi) is 2.21. The summed E-state index contributed by atoms with van der Waals surface area (Å²) in [6, 6.07) is 3.63. The molecule has 2 aromatic rings. The number of rotatable bonds is 1. The minimum absolute atomic E-state index is 0.170. The Morgan fingerprint density at radius 2 is 2.07 bits per heavy atom. The number of aromatic hydroxyl groups is 1. The van der Waals surface area contributed by atoms with Crippen molar-refractivity contribution in [1.82, 2.24) is 9.97 Å². The van der Waals surface area contributed by atoms with E-state index in [2.05, 4.69) is 9.97 Å². The Morgan fingerprint density at radius 1 is 1.27 bits per heavy atom. The van der Waals surface area contributed by atoms with Crippen molar-refractivity contribution in [2.45, 2.75) is 0 Å². The zero-order valence-corrected chi connectivity index (χ0v) is 7.57. The van der Waals surface area contributed by atoms with Gasteiger partial charge in [0, 0.05) is 24.0 Å². The van der Waals surface area contributed by atoms with Crippen LogP contribution in [-0.2, 0) is 0 Å². The van der Waals surface area contributed by atoms with Gasteiger partial charge in [0.25, 0.3) is 0 Å². The van der Waals surface area contributed by atoms with Crippen molar-refractivity contribution < 1.29 is 9.50 Å². The Hall–Kier alpha value is -2.17. The summed E-state index contributed by atoms with van der Waals surface area (Å²) in [7, 11) is 0. The van der Waals surface area contributed by atoms with Crippen molar-refractivity contribution in [1.29, 1.82) is 0 Å². The monoisotopic (exact) mass is 206 g/mol. The van der Waals surface area contributed by atoms with Crippen LogP contribution < -0.4 is 5.69 Å². The van der Waals surface area contributed by atoms with Gasteiger partial charge in [-0.25, -0.2) is 14.2 Å². The summed E-state index contributed by atoms with van der Waals surface area (Å²) in [6.07, 6.45) is 2.72. The molecule has 2 rings (SSSR count). The van der Waals surface area contributed by atoms with Crippen molar-refractivity contribution >= 4 is 0 Å². The first-order valence-corrected chi connectivity index (χ1v) is 4.20. The third-order valence-corrected chi connectivity index (χ3v) is 1.89. The third kappa shape index (κ3) is 2.01. The lowest BCUT2D eigenvalue weighted by Crippen LogP contribution is -2.07. The molecule has 2 N–H and O–H groups in total. The molecule has 0 aliphatic rings. The Labute approximate surface area is 84.0 Å². The van der Waals surface area contributed by atoms with E-state index in [1.807, 2.05) is 0 Å². The maximum absolute atomic E-state index is 12.9. The van der Waals surface area contributed by atoms with Crippen molar-refractivity contribution in [2.24, 2.45) is 0 Å². The quantitative estimate of drug-likeness (QED) is 0.738. The molecular weight excluding hydrogens is 199 g/mol. The van der Waals surface area contributed by atoms with Gasteiger partial charge in [0.2, 0.25) is 0 Å². The van der Waals surface area contributed by atoms with Crippen LogP contribution in [0.2, 0.25) is 0 Å². The van der Waals surface area contributed by atoms with E-state index in [9.17, 15) is 14.3 Å². The maximum atomic E-state index is 12.9. The predicted octanol–water partition coefficient (Wildman–Crippen LogP) is 1.28. The molecule has 5 heteroatoms. The van der Waals surface area contributed by atoms with E-state index < -0.39 is 11.5 Å². The fourth-order valence-electron chi connectivity index (χ4n) is 1.24. The molecule has 0 amide bonds. The summed E-state index contributed by atoms with van der Waals surface area (Å²) in [5.41, 5.74) is 0.514. The number of nitrogens with one attached hydrogen (secondary N) is 1.